The molecule has 0 aliphatic heterocycles. The maximum Gasteiger partial charge on any atom is 0.164 e. The Bertz CT molecular complexity index is 560. The third-order valence-corrected chi connectivity index (χ3v) is 3.70. The van der Waals surface area contributed by atoms with Crippen molar-refractivity contribution < 1.29 is 4.74 Å². The lowest BCUT2D eigenvalue weighted by Crippen LogP contribution is -1.95. The average molecular weight is 361 g/mol. The number of methoxy groups -OCH3 is 1. The quantitative estimate of drug-likeness (QED) is 0.605. The van der Waals surface area contributed by atoms with E-state index in [1.165, 1.54) is 0 Å². The highest BCUT2D eigenvalue weighted by atomic mass is 127. The molecule has 5 heteroatoms. The summed E-state index contributed by atoms with van der Waals surface area (Å²) >= 11 is 8.09. The first-order chi connectivity index (χ1) is 8.11. The van der Waals surface area contributed by atoms with Crippen molar-refractivity contribution >= 4 is 34.2 Å². The van der Waals surface area contributed by atoms with Gasteiger partial charge in [-0.25, -0.2) is 9.97 Å². The van der Waals surface area contributed by atoms with Crippen LogP contribution < -0.4 is 4.74 Å². The zero-order valence-corrected chi connectivity index (χ0v) is 12.3. The van der Waals surface area contributed by atoms with E-state index in [1.807, 2.05) is 25.1 Å². The molecule has 2 rings (SSSR count). The Balaban J connectivity index is 2.55. The molecule has 0 fully saturated rings. The van der Waals surface area contributed by atoms with Crippen molar-refractivity contribution in [1.29, 1.82) is 0 Å². The van der Waals surface area contributed by atoms with E-state index >= 15 is 0 Å². The number of ether oxygens (including phenoxy) is 1. The van der Waals surface area contributed by atoms with E-state index in [0.717, 1.165) is 20.4 Å². The number of hydrogen-bond donors (Lipinski definition) is 0. The van der Waals surface area contributed by atoms with Gasteiger partial charge in [-0.05, 0) is 47.2 Å². The van der Waals surface area contributed by atoms with E-state index < -0.39 is 0 Å². The molecular formula is C12H10ClIN2O. The summed E-state index contributed by atoms with van der Waals surface area (Å²) in [6, 6.07) is 5.88. The summed E-state index contributed by atoms with van der Waals surface area (Å²) in [6.07, 6.45) is 1.70. The Hall–Kier alpha value is -0.880. The minimum atomic E-state index is 0.457. The second-order valence-electron chi connectivity index (χ2n) is 3.54. The van der Waals surface area contributed by atoms with Gasteiger partial charge in [0.05, 0.1) is 16.2 Å². The van der Waals surface area contributed by atoms with Gasteiger partial charge in [0.25, 0.3) is 0 Å². The van der Waals surface area contributed by atoms with Gasteiger partial charge in [-0.15, -0.1) is 0 Å². The lowest BCUT2D eigenvalue weighted by atomic mass is 10.1. The number of nitrogens with zero attached hydrogens (tertiary/aromatic N) is 2. The first-order valence-electron chi connectivity index (χ1n) is 4.95. The molecule has 0 unspecified atom stereocenters. The standard InChI is InChI=1S/C12H10ClIN2O/c1-7-3-4-8(10(5-7)17-2)12-15-6-9(14)11(13)16-12/h3-6H,1-2H3. The summed E-state index contributed by atoms with van der Waals surface area (Å²) in [4.78, 5) is 8.51. The van der Waals surface area contributed by atoms with E-state index in [-0.39, 0.29) is 0 Å². The summed E-state index contributed by atoms with van der Waals surface area (Å²) in [5, 5.41) is 0.457. The van der Waals surface area contributed by atoms with Gasteiger partial charge in [-0.1, -0.05) is 17.7 Å². The number of aryl methyl sites for hydroxylation is 1. The Labute approximate surface area is 118 Å². The second kappa shape index (κ2) is 5.18. The van der Waals surface area contributed by atoms with Crippen LogP contribution >= 0.6 is 34.2 Å². The van der Waals surface area contributed by atoms with Gasteiger partial charge < -0.3 is 4.74 Å². The van der Waals surface area contributed by atoms with Crippen molar-refractivity contribution in [2.24, 2.45) is 0 Å². The summed E-state index contributed by atoms with van der Waals surface area (Å²) in [5.74, 6) is 1.33. The normalized spacial score (nSPS) is 10.4. The lowest BCUT2D eigenvalue weighted by Gasteiger charge is -2.08. The molecule has 0 radical (unpaired) electrons. The van der Waals surface area contributed by atoms with E-state index in [0.29, 0.717) is 11.0 Å². The van der Waals surface area contributed by atoms with Crippen LogP contribution in [-0.2, 0) is 0 Å². The topological polar surface area (TPSA) is 35.0 Å². The van der Waals surface area contributed by atoms with Crippen molar-refractivity contribution in [2.45, 2.75) is 6.92 Å². The highest BCUT2D eigenvalue weighted by Crippen LogP contribution is 2.29. The Morgan fingerprint density at radius 3 is 2.76 bits per heavy atom. The third kappa shape index (κ3) is 2.69. The summed E-state index contributed by atoms with van der Waals surface area (Å²) in [6.45, 7) is 2.01. The zero-order valence-electron chi connectivity index (χ0n) is 9.37. The predicted molar refractivity (Wildman–Crippen MR) is 76.5 cm³/mol. The molecule has 0 bridgehead atoms. The molecule has 0 saturated carbocycles. The Morgan fingerprint density at radius 2 is 2.12 bits per heavy atom. The van der Waals surface area contributed by atoms with Crippen LogP contribution in [0.2, 0.25) is 5.15 Å². The van der Waals surface area contributed by atoms with Crippen LogP contribution in [0, 0.1) is 10.5 Å². The van der Waals surface area contributed by atoms with Crippen LogP contribution in [0.5, 0.6) is 5.75 Å². The number of benzene rings is 1. The molecule has 2 aromatic rings. The molecule has 1 heterocycles. The molecule has 0 aliphatic carbocycles. The molecular weight excluding hydrogens is 351 g/mol. The summed E-state index contributed by atoms with van der Waals surface area (Å²) < 4.78 is 6.16. The minimum absolute atomic E-state index is 0.457. The summed E-state index contributed by atoms with van der Waals surface area (Å²) in [5.41, 5.74) is 1.97. The van der Waals surface area contributed by atoms with Crippen LogP contribution in [0.1, 0.15) is 5.56 Å². The van der Waals surface area contributed by atoms with Crippen LogP contribution in [0.3, 0.4) is 0 Å². The molecule has 0 N–H and O–H groups in total. The molecule has 17 heavy (non-hydrogen) atoms. The van der Waals surface area contributed by atoms with E-state index in [1.54, 1.807) is 13.3 Å². The summed E-state index contributed by atoms with van der Waals surface area (Å²) in [7, 11) is 1.63. The van der Waals surface area contributed by atoms with Gasteiger partial charge in [-0.2, -0.15) is 0 Å². The molecule has 0 atom stereocenters. The molecule has 1 aromatic heterocycles. The van der Waals surface area contributed by atoms with E-state index in [2.05, 4.69) is 32.6 Å². The number of halogens is 2. The number of rotatable bonds is 2. The van der Waals surface area contributed by atoms with Crippen molar-refractivity contribution in [3.05, 3.63) is 38.7 Å². The number of aromatic nitrogens is 2. The van der Waals surface area contributed by atoms with Crippen molar-refractivity contribution in [3.63, 3.8) is 0 Å². The fourth-order valence-electron chi connectivity index (χ4n) is 1.46. The van der Waals surface area contributed by atoms with Crippen molar-refractivity contribution in [3.8, 4) is 17.1 Å². The predicted octanol–water partition coefficient (Wildman–Crippen LogP) is 3.72. The smallest absolute Gasteiger partial charge is 0.164 e. The van der Waals surface area contributed by atoms with Gasteiger partial charge in [0.1, 0.15) is 10.9 Å². The molecule has 88 valence electrons. The van der Waals surface area contributed by atoms with E-state index in [9.17, 15) is 0 Å². The largest absolute Gasteiger partial charge is 0.496 e. The Morgan fingerprint density at radius 1 is 1.35 bits per heavy atom. The monoisotopic (exact) mass is 360 g/mol. The highest BCUT2D eigenvalue weighted by molar-refractivity contribution is 14.1. The maximum atomic E-state index is 5.99. The molecule has 0 aliphatic rings. The molecule has 0 saturated heterocycles. The van der Waals surface area contributed by atoms with Crippen LogP contribution in [0.25, 0.3) is 11.4 Å². The minimum Gasteiger partial charge on any atom is -0.496 e. The molecule has 0 amide bonds. The molecule has 3 nitrogen and oxygen atoms in total. The van der Waals surface area contributed by atoms with Gasteiger partial charge in [-0.3, -0.25) is 0 Å². The van der Waals surface area contributed by atoms with Crippen molar-refractivity contribution in [1.82, 2.24) is 9.97 Å². The fraction of sp³-hybridized carbons (Fsp3) is 0.167. The van der Waals surface area contributed by atoms with Gasteiger partial charge in [0, 0.05) is 6.20 Å². The first kappa shape index (κ1) is 12.6. The third-order valence-electron chi connectivity index (χ3n) is 2.30. The van der Waals surface area contributed by atoms with Gasteiger partial charge in [0.15, 0.2) is 5.82 Å². The SMILES string of the molecule is COc1cc(C)ccc1-c1ncc(I)c(Cl)n1. The maximum absolute atomic E-state index is 5.99. The van der Waals surface area contributed by atoms with Crippen LogP contribution in [0.4, 0.5) is 0 Å². The van der Waals surface area contributed by atoms with E-state index in [4.69, 9.17) is 16.3 Å². The number of hydrogen-bond acceptors (Lipinski definition) is 3. The van der Waals surface area contributed by atoms with Gasteiger partial charge in [0.2, 0.25) is 0 Å². The fourth-order valence-corrected chi connectivity index (χ4v) is 1.85. The molecule has 1 aromatic carbocycles. The van der Waals surface area contributed by atoms with Crippen LogP contribution in [-0.4, -0.2) is 17.1 Å². The van der Waals surface area contributed by atoms with Crippen molar-refractivity contribution in [2.75, 3.05) is 7.11 Å². The lowest BCUT2D eigenvalue weighted by molar-refractivity contribution is 0.416. The first-order valence-corrected chi connectivity index (χ1v) is 6.40. The zero-order chi connectivity index (χ0) is 12.4. The second-order valence-corrected chi connectivity index (χ2v) is 5.06. The van der Waals surface area contributed by atoms with Crippen LogP contribution in [0.15, 0.2) is 24.4 Å². The molecule has 0 spiro atoms. The average Bonchev–Trinajstić information content (AvgIpc) is 2.32. The Kier molecular flexibility index (Phi) is 3.83. The van der Waals surface area contributed by atoms with Gasteiger partial charge >= 0.3 is 0 Å². The highest BCUT2D eigenvalue weighted by Gasteiger charge is 2.10.